The van der Waals surface area contributed by atoms with Gasteiger partial charge in [0.1, 0.15) is 5.75 Å². The van der Waals surface area contributed by atoms with Crippen LogP contribution < -0.4 is 10.1 Å². The SMILES string of the molecule is COc1ccccc1-c1nnc(SCC(=O)NC(C)c2ccccc2)o1. The van der Waals surface area contributed by atoms with E-state index in [2.05, 4.69) is 15.5 Å². The van der Waals surface area contributed by atoms with Gasteiger partial charge in [-0.2, -0.15) is 0 Å². The summed E-state index contributed by atoms with van der Waals surface area (Å²) in [5.74, 6) is 1.12. The lowest BCUT2D eigenvalue weighted by Gasteiger charge is -2.13. The molecule has 0 aliphatic heterocycles. The molecule has 134 valence electrons. The van der Waals surface area contributed by atoms with Crippen LogP contribution in [0.1, 0.15) is 18.5 Å². The molecule has 2 aromatic carbocycles. The number of hydrogen-bond donors (Lipinski definition) is 1. The van der Waals surface area contributed by atoms with Crippen LogP contribution in [0.3, 0.4) is 0 Å². The number of carbonyl (C=O) groups is 1. The van der Waals surface area contributed by atoms with Crippen LogP contribution in [0.5, 0.6) is 5.75 Å². The summed E-state index contributed by atoms with van der Waals surface area (Å²) in [6.07, 6.45) is 0. The van der Waals surface area contributed by atoms with E-state index in [1.807, 2.05) is 61.5 Å². The number of ether oxygens (including phenoxy) is 1. The number of carbonyl (C=O) groups excluding carboxylic acids is 1. The molecule has 0 saturated carbocycles. The van der Waals surface area contributed by atoms with Crippen molar-refractivity contribution in [2.24, 2.45) is 0 Å². The van der Waals surface area contributed by atoms with Crippen molar-refractivity contribution >= 4 is 17.7 Å². The number of para-hydroxylation sites is 1. The van der Waals surface area contributed by atoms with Gasteiger partial charge in [0.05, 0.1) is 24.5 Å². The Balaban J connectivity index is 1.57. The van der Waals surface area contributed by atoms with Crippen LogP contribution in [-0.2, 0) is 4.79 Å². The van der Waals surface area contributed by atoms with Crippen molar-refractivity contribution in [1.29, 1.82) is 0 Å². The van der Waals surface area contributed by atoms with Crippen molar-refractivity contribution in [3.63, 3.8) is 0 Å². The average molecular weight is 369 g/mol. The van der Waals surface area contributed by atoms with Crippen molar-refractivity contribution in [3.8, 4) is 17.2 Å². The lowest BCUT2D eigenvalue weighted by atomic mass is 10.1. The normalized spacial score (nSPS) is 11.8. The van der Waals surface area contributed by atoms with Crippen LogP contribution in [0.2, 0.25) is 0 Å². The second-order valence-corrected chi connectivity index (χ2v) is 6.49. The molecule has 1 amide bonds. The molecule has 26 heavy (non-hydrogen) atoms. The summed E-state index contributed by atoms with van der Waals surface area (Å²) < 4.78 is 10.9. The fraction of sp³-hybridized carbons (Fsp3) is 0.211. The third kappa shape index (κ3) is 4.43. The minimum Gasteiger partial charge on any atom is -0.496 e. The van der Waals surface area contributed by atoms with Gasteiger partial charge in [0.25, 0.3) is 11.1 Å². The molecule has 0 spiro atoms. The van der Waals surface area contributed by atoms with Crippen LogP contribution in [0.4, 0.5) is 0 Å². The van der Waals surface area contributed by atoms with E-state index in [0.717, 1.165) is 11.1 Å². The van der Waals surface area contributed by atoms with Gasteiger partial charge >= 0.3 is 0 Å². The van der Waals surface area contributed by atoms with Crippen molar-refractivity contribution in [3.05, 3.63) is 60.2 Å². The molecule has 0 bridgehead atoms. The average Bonchev–Trinajstić information content (AvgIpc) is 3.16. The van der Waals surface area contributed by atoms with E-state index in [0.29, 0.717) is 16.9 Å². The summed E-state index contributed by atoms with van der Waals surface area (Å²) in [6, 6.07) is 17.2. The molecular weight excluding hydrogens is 350 g/mol. The summed E-state index contributed by atoms with van der Waals surface area (Å²) in [6.45, 7) is 1.95. The molecule has 3 rings (SSSR count). The Hall–Kier alpha value is -2.80. The van der Waals surface area contributed by atoms with Crippen molar-refractivity contribution in [2.45, 2.75) is 18.2 Å². The molecule has 7 heteroatoms. The molecular formula is C19H19N3O3S. The molecule has 1 N–H and O–H groups in total. The molecule has 1 atom stereocenters. The lowest BCUT2D eigenvalue weighted by Crippen LogP contribution is -2.28. The Bertz CT molecular complexity index is 867. The number of nitrogens with zero attached hydrogens (tertiary/aromatic N) is 2. The molecule has 1 heterocycles. The van der Waals surface area contributed by atoms with E-state index in [1.165, 1.54) is 11.8 Å². The Morgan fingerprint density at radius 1 is 1.15 bits per heavy atom. The van der Waals surface area contributed by atoms with E-state index in [4.69, 9.17) is 9.15 Å². The molecule has 0 radical (unpaired) electrons. The third-order valence-electron chi connectivity index (χ3n) is 3.75. The molecule has 0 aliphatic carbocycles. The molecule has 1 unspecified atom stereocenters. The number of thioether (sulfide) groups is 1. The van der Waals surface area contributed by atoms with Crippen LogP contribution in [0, 0.1) is 0 Å². The summed E-state index contributed by atoms with van der Waals surface area (Å²) in [5.41, 5.74) is 1.78. The van der Waals surface area contributed by atoms with Gasteiger partial charge in [0, 0.05) is 0 Å². The molecule has 3 aromatic rings. The van der Waals surface area contributed by atoms with Gasteiger partial charge in [-0.05, 0) is 24.6 Å². The number of nitrogens with one attached hydrogen (secondary N) is 1. The highest BCUT2D eigenvalue weighted by molar-refractivity contribution is 7.99. The van der Waals surface area contributed by atoms with Crippen LogP contribution in [0.15, 0.2) is 64.2 Å². The Kier molecular flexibility index (Phi) is 5.91. The molecule has 0 fully saturated rings. The number of aromatic nitrogens is 2. The minimum atomic E-state index is -0.0941. The zero-order chi connectivity index (χ0) is 18.4. The molecule has 6 nitrogen and oxygen atoms in total. The van der Waals surface area contributed by atoms with Gasteiger partial charge in [0.15, 0.2) is 0 Å². The highest BCUT2D eigenvalue weighted by Gasteiger charge is 2.15. The van der Waals surface area contributed by atoms with Gasteiger partial charge in [-0.1, -0.05) is 54.2 Å². The number of hydrogen-bond acceptors (Lipinski definition) is 6. The first-order chi connectivity index (χ1) is 12.7. The maximum Gasteiger partial charge on any atom is 0.277 e. The number of methoxy groups -OCH3 is 1. The van der Waals surface area contributed by atoms with Crippen molar-refractivity contribution < 1.29 is 13.9 Å². The summed E-state index contributed by atoms with van der Waals surface area (Å²) in [7, 11) is 1.59. The molecule has 0 saturated heterocycles. The number of benzene rings is 2. The maximum absolute atomic E-state index is 12.1. The summed E-state index contributed by atoms with van der Waals surface area (Å²) in [5, 5.41) is 11.3. The van der Waals surface area contributed by atoms with E-state index < -0.39 is 0 Å². The van der Waals surface area contributed by atoms with Gasteiger partial charge in [0.2, 0.25) is 5.91 Å². The highest BCUT2D eigenvalue weighted by atomic mass is 32.2. The summed E-state index contributed by atoms with van der Waals surface area (Å²) in [4.78, 5) is 12.1. The standard InChI is InChI=1S/C19H19N3O3S/c1-13(14-8-4-3-5-9-14)20-17(23)12-26-19-22-21-18(25-19)15-10-6-7-11-16(15)24-2/h3-11,13H,12H2,1-2H3,(H,20,23). The fourth-order valence-corrected chi connectivity index (χ4v) is 3.01. The Morgan fingerprint density at radius 3 is 2.65 bits per heavy atom. The summed E-state index contributed by atoms with van der Waals surface area (Å²) >= 11 is 1.20. The Labute approximate surface area is 156 Å². The van der Waals surface area contributed by atoms with E-state index in [-0.39, 0.29) is 17.7 Å². The first-order valence-electron chi connectivity index (χ1n) is 8.11. The second-order valence-electron chi connectivity index (χ2n) is 5.56. The maximum atomic E-state index is 12.1. The van der Waals surface area contributed by atoms with Crippen LogP contribution in [0.25, 0.3) is 11.5 Å². The zero-order valence-corrected chi connectivity index (χ0v) is 15.3. The monoisotopic (exact) mass is 369 g/mol. The topological polar surface area (TPSA) is 77.2 Å². The molecule has 1 aromatic heterocycles. The van der Waals surface area contributed by atoms with E-state index in [1.54, 1.807) is 7.11 Å². The minimum absolute atomic E-state index is 0.0591. The van der Waals surface area contributed by atoms with Crippen molar-refractivity contribution in [2.75, 3.05) is 12.9 Å². The quantitative estimate of drug-likeness (QED) is 0.640. The van der Waals surface area contributed by atoms with Gasteiger partial charge in [-0.3, -0.25) is 4.79 Å². The first-order valence-corrected chi connectivity index (χ1v) is 9.10. The number of rotatable bonds is 7. The van der Waals surface area contributed by atoms with Gasteiger partial charge < -0.3 is 14.5 Å². The van der Waals surface area contributed by atoms with Gasteiger partial charge in [-0.15, -0.1) is 10.2 Å². The predicted octanol–water partition coefficient (Wildman–Crippen LogP) is 3.71. The molecule has 0 aliphatic rings. The zero-order valence-electron chi connectivity index (χ0n) is 14.5. The van der Waals surface area contributed by atoms with Crippen LogP contribution in [-0.4, -0.2) is 29.0 Å². The van der Waals surface area contributed by atoms with Crippen LogP contribution >= 0.6 is 11.8 Å². The lowest BCUT2D eigenvalue weighted by molar-refractivity contribution is -0.119. The third-order valence-corrected chi connectivity index (χ3v) is 4.57. The first kappa shape index (κ1) is 18.0. The highest BCUT2D eigenvalue weighted by Crippen LogP contribution is 2.30. The fourth-order valence-electron chi connectivity index (χ4n) is 2.43. The number of amides is 1. The van der Waals surface area contributed by atoms with E-state index in [9.17, 15) is 4.79 Å². The Morgan fingerprint density at radius 2 is 1.88 bits per heavy atom. The van der Waals surface area contributed by atoms with E-state index >= 15 is 0 Å². The second kappa shape index (κ2) is 8.53. The largest absolute Gasteiger partial charge is 0.496 e. The smallest absolute Gasteiger partial charge is 0.277 e. The predicted molar refractivity (Wildman–Crippen MR) is 100 cm³/mol. The van der Waals surface area contributed by atoms with Gasteiger partial charge in [-0.25, -0.2) is 0 Å². The van der Waals surface area contributed by atoms with Crippen molar-refractivity contribution in [1.82, 2.24) is 15.5 Å².